The number of carbonyl (C=O) groups is 2. The molecule has 10 heteroatoms. The third-order valence-corrected chi connectivity index (χ3v) is 4.71. The molecule has 0 unspecified atom stereocenters. The molecule has 30 heavy (non-hydrogen) atoms. The Labute approximate surface area is 182 Å². The minimum atomic E-state index is -0.488. The maximum Gasteiger partial charge on any atom is 0.271 e. The molecule has 0 saturated carbocycles. The Morgan fingerprint density at radius 1 is 1.20 bits per heavy atom. The molecule has 3 aromatic rings. The maximum atomic E-state index is 12.3. The third kappa shape index (κ3) is 5.40. The lowest BCUT2D eigenvalue weighted by atomic mass is 10.1. The molecule has 0 saturated heterocycles. The van der Waals surface area contributed by atoms with Gasteiger partial charge in [-0.1, -0.05) is 42.2 Å². The molecule has 0 fully saturated rings. The van der Waals surface area contributed by atoms with Gasteiger partial charge >= 0.3 is 0 Å². The second-order valence-corrected chi connectivity index (χ2v) is 7.67. The Bertz CT molecular complexity index is 1070. The van der Waals surface area contributed by atoms with Crippen molar-refractivity contribution in [1.29, 1.82) is 0 Å². The highest BCUT2D eigenvalue weighted by Crippen LogP contribution is 2.27. The number of carbonyl (C=O) groups excluding carboxylic acids is 2. The quantitative estimate of drug-likeness (QED) is 0.411. The molecular weight excluding hydrogens is 431 g/mol. The van der Waals surface area contributed by atoms with Crippen molar-refractivity contribution in [3.05, 3.63) is 51.8 Å². The number of benzene rings is 1. The summed E-state index contributed by atoms with van der Waals surface area (Å²) in [5, 5.41) is 5.56. The summed E-state index contributed by atoms with van der Waals surface area (Å²) >= 11 is 11.8. The smallest absolute Gasteiger partial charge is 0.271 e. The van der Waals surface area contributed by atoms with Gasteiger partial charge in [-0.25, -0.2) is 4.98 Å². The number of hydrogen-bond acceptors (Lipinski definition) is 6. The van der Waals surface area contributed by atoms with Crippen molar-refractivity contribution in [3.63, 3.8) is 0 Å². The number of rotatable bonds is 7. The van der Waals surface area contributed by atoms with Gasteiger partial charge in [-0.2, -0.15) is 0 Å². The average molecular weight is 451 g/mol. The van der Waals surface area contributed by atoms with Gasteiger partial charge in [0, 0.05) is 17.6 Å². The predicted molar refractivity (Wildman–Crippen MR) is 113 cm³/mol. The highest BCUT2D eigenvalue weighted by molar-refractivity contribution is 6.35. The van der Waals surface area contributed by atoms with Crippen LogP contribution in [0.4, 0.5) is 0 Å². The van der Waals surface area contributed by atoms with Crippen LogP contribution < -0.4 is 15.6 Å². The van der Waals surface area contributed by atoms with E-state index < -0.39 is 5.91 Å². The molecular formula is C20H20Cl2N4O4. The topological polar surface area (TPSA) is 106 Å². The van der Waals surface area contributed by atoms with E-state index in [2.05, 4.69) is 21.0 Å². The molecule has 2 amide bonds. The van der Waals surface area contributed by atoms with Crippen molar-refractivity contribution in [2.75, 3.05) is 6.61 Å². The number of nitrogens with zero attached hydrogens (tertiary/aromatic N) is 2. The maximum absolute atomic E-state index is 12.3. The molecule has 1 aromatic carbocycles. The number of hydrazine groups is 1. The van der Waals surface area contributed by atoms with Crippen molar-refractivity contribution in [3.8, 4) is 5.75 Å². The number of amides is 2. The van der Waals surface area contributed by atoms with Crippen molar-refractivity contribution < 1.29 is 18.8 Å². The molecule has 0 atom stereocenters. The lowest BCUT2D eigenvalue weighted by Crippen LogP contribution is -2.41. The van der Waals surface area contributed by atoms with Crippen molar-refractivity contribution >= 4 is 46.1 Å². The van der Waals surface area contributed by atoms with E-state index in [0.717, 1.165) is 5.69 Å². The minimum absolute atomic E-state index is 0.121. The van der Waals surface area contributed by atoms with Crippen LogP contribution in [0.15, 0.2) is 35.0 Å². The summed E-state index contributed by atoms with van der Waals surface area (Å²) in [6.45, 7) is 4.22. The van der Waals surface area contributed by atoms with Crippen LogP contribution in [0.25, 0.3) is 11.1 Å². The molecule has 158 valence electrons. The van der Waals surface area contributed by atoms with Crippen LogP contribution in [-0.2, 0) is 4.79 Å². The van der Waals surface area contributed by atoms with E-state index in [0.29, 0.717) is 33.3 Å². The fourth-order valence-electron chi connectivity index (χ4n) is 2.66. The molecule has 0 spiro atoms. The van der Waals surface area contributed by atoms with Crippen molar-refractivity contribution in [2.45, 2.75) is 32.6 Å². The normalized spacial score (nSPS) is 11.0. The number of pyridine rings is 1. The van der Waals surface area contributed by atoms with Crippen LogP contribution in [0.1, 0.15) is 48.7 Å². The van der Waals surface area contributed by atoms with Gasteiger partial charge in [0.05, 0.1) is 28.3 Å². The Balaban J connectivity index is 1.45. The number of nitrogens with one attached hydrogen (secondary N) is 2. The lowest BCUT2D eigenvalue weighted by Gasteiger charge is -2.09. The fourth-order valence-corrected chi connectivity index (χ4v) is 3.12. The van der Waals surface area contributed by atoms with Gasteiger partial charge in [-0.15, -0.1) is 0 Å². The first kappa shape index (κ1) is 21.9. The molecule has 0 aliphatic heterocycles. The lowest BCUT2D eigenvalue weighted by molar-refractivity contribution is -0.122. The zero-order chi connectivity index (χ0) is 21.7. The summed E-state index contributed by atoms with van der Waals surface area (Å²) in [5.41, 5.74) is 6.11. The fraction of sp³-hybridized carbons (Fsp3) is 0.300. The summed E-state index contributed by atoms with van der Waals surface area (Å²) in [7, 11) is 0. The molecule has 2 aromatic heterocycles. The number of hydrogen-bond donors (Lipinski definition) is 2. The first-order valence-corrected chi connectivity index (χ1v) is 10.0. The molecule has 2 heterocycles. The zero-order valence-corrected chi connectivity index (χ0v) is 17.9. The van der Waals surface area contributed by atoms with Crippen LogP contribution in [0.2, 0.25) is 10.0 Å². The van der Waals surface area contributed by atoms with Crippen LogP contribution in [-0.4, -0.2) is 28.6 Å². The molecule has 8 nitrogen and oxygen atoms in total. The summed E-state index contributed by atoms with van der Waals surface area (Å²) < 4.78 is 10.7. The molecule has 0 aliphatic carbocycles. The Morgan fingerprint density at radius 2 is 2.00 bits per heavy atom. The predicted octanol–water partition coefficient (Wildman–Crippen LogP) is 4.27. The van der Waals surface area contributed by atoms with E-state index in [1.807, 2.05) is 13.8 Å². The van der Waals surface area contributed by atoms with Crippen molar-refractivity contribution in [2.24, 2.45) is 0 Å². The van der Waals surface area contributed by atoms with E-state index >= 15 is 0 Å². The molecule has 0 bridgehead atoms. The van der Waals surface area contributed by atoms with Crippen LogP contribution >= 0.6 is 23.2 Å². The summed E-state index contributed by atoms with van der Waals surface area (Å²) in [6, 6.07) is 6.55. The van der Waals surface area contributed by atoms with E-state index in [1.54, 1.807) is 24.3 Å². The number of aromatic nitrogens is 2. The van der Waals surface area contributed by atoms with Gasteiger partial charge in [0.15, 0.2) is 0 Å². The second-order valence-electron chi connectivity index (χ2n) is 6.83. The highest BCUT2D eigenvalue weighted by Gasteiger charge is 2.16. The van der Waals surface area contributed by atoms with E-state index in [-0.39, 0.29) is 30.4 Å². The number of ether oxygens (including phenoxy) is 1. The van der Waals surface area contributed by atoms with Gasteiger partial charge in [0.1, 0.15) is 5.75 Å². The van der Waals surface area contributed by atoms with Crippen LogP contribution in [0.3, 0.4) is 0 Å². The molecule has 3 rings (SSSR count). The van der Waals surface area contributed by atoms with E-state index in [9.17, 15) is 9.59 Å². The van der Waals surface area contributed by atoms with Gasteiger partial charge < -0.3 is 9.26 Å². The number of halogens is 2. The first-order valence-electron chi connectivity index (χ1n) is 9.27. The van der Waals surface area contributed by atoms with Gasteiger partial charge in [-0.05, 0) is 36.6 Å². The molecule has 0 radical (unpaired) electrons. The standard InChI is InChI=1S/C20H20Cl2N4O4/c1-11(2)18-14-8-12(10-23-20(14)30-26-18)19(28)25-24-17(27)4-3-7-29-16-6-5-13(21)9-15(16)22/h5-6,8-11H,3-4,7H2,1-2H3,(H,24,27)(H,25,28). The van der Waals surface area contributed by atoms with Crippen LogP contribution in [0, 0.1) is 0 Å². The summed E-state index contributed by atoms with van der Waals surface area (Å²) in [4.78, 5) is 28.4. The van der Waals surface area contributed by atoms with E-state index in [4.69, 9.17) is 32.5 Å². The summed E-state index contributed by atoms with van der Waals surface area (Å²) in [6.07, 6.45) is 1.96. The largest absolute Gasteiger partial charge is 0.492 e. The Kier molecular flexibility index (Phi) is 7.12. The average Bonchev–Trinajstić information content (AvgIpc) is 3.14. The summed E-state index contributed by atoms with van der Waals surface area (Å²) in [5.74, 6) is -0.225. The SMILES string of the molecule is CC(C)c1noc2ncc(C(=O)NNC(=O)CCCOc3ccc(Cl)cc3Cl)cc12. The Morgan fingerprint density at radius 3 is 2.73 bits per heavy atom. The minimum Gasteiger partial charge on any atom is -0.492 e. The van der Waals surface area contributed by atoms with Gasteiger partial charge in [-0.3, -0.25) is 20.4 Å². The monoisotopic (exact) mass is 450 g/mol. The highest BCUT2D eigenvalue weighted by atomic mass is 35.5. The zero-order valence-electron chi connectivity index (χ0n) is 16.4. The van der Waals surface area contributed by atoms with Gasteiger partial charge in [0.2, 0.25) is 5.91 Å². The third-order valence-electron chi connectivity index (χ3n) is 4.18. The van der Waals surface area contributed by atoms with Gasteiger partial charge in [0.25, 0.3) is 11.6 Å². The van der Waals surface area contributed by atoms with Crippen molar-refractivity contribution in [1.82, 2.24) is 21.0 Å². The first-order chi connectivity index (χ1) is 14.3. The molecule has 2 N–H and O–H groups in total. The molecule has 0 aliphatic rings. The second kappa shape index (κ2) is 9.77. The van der Waals surface area contributed by atoms with E-state index in [1.165, 1.54) is 6.20 Å². The van der Waals surface area contributed by atoms with Crippen LogP contribution in [0.5, 0.6) is 5.75 Å². The Hall–Kier alpha value is -2.84. The number of fused-ring (bicyclic) bond motifs is 1.